The second-order valence-electron chi connectivity index (χ2n) is 4.71. The summed E-state index contributed by atoms with van der Waals surface area (Å²) in [6, 6.07) is 0. The number of nitrogens with one attached hydrogen (secondary N) is 1. The Morgan fingerprint density at radius 1 is 1.58 bits per heavy atom. The topological polar surface area (TPSA) is 81.4 Å². The second-order valence-corrected chi connectivity index (χ2v) is 5.80. The number of hydrogen-bond acceptors (Lipinski definition) is 5. The lowest BCUT2D eigenvalue weighted by Gasteiger charge is -2.10. The van der Waals surface area contributed by atoms with Crippen molar-refractivity contribution < 1.29 is 9.53 Å². The van der Waals surface area contributed by atoms with Crippen LogP contribution >= 0.6 is 27.5 Å². The summed E-state index contributed by atoms with van der Waals surface area (Å²) in [6.07, 6.45) is 4.72. The molecule has 0 fully saturated rings. The maximum atomic E-state index is 11.1. The molecule has 2 rings (SSSR count). The number of hydrogen-bond donors (Lipinski definition) is 1. The van der Waals surface area contributed by atoms with Gasteiger partial charge in [0.25, 0.3) is 0 Å². The van der Waals surface area contributed by atoms with Gasteiger partial charge in [-0.1, -0.05) is 11.6 Å². The quantitative estimate of drug-likeness (QED) is 0.464. The zero-order valence-electron chi connectivity index (χ0n) is 13.3. The molecule has 7 nitrogen and oxygen atoms in total. The molecule has 0 aliphatic heterocycles. The molecule has 126 valence electrons. The van der Waals surface area contributed by atoms with E-state index in [1.165, 1.54) is 19.2 Å². The number of amides is 1. The second kappa shape index (κ2) is 7.59. The van der Waals surface area contributed by atoms with E-state index < -0.39 is 0 Å². The number of carbonyl (C=O) groups is 1. The van der Waals surface area contributed by atoms with Gasteiger partial charge in [0.1, 0.15) is 22.1 Å². The van der Waals surface area contributed by atoms with Crippen molar-refractivity contribution in [2.45, 2.75) is 13.8 Å². The number of halogens is 2. The first-order chi connectivity index (χ1) is 11.4. The van der Waals surface area contributed by atoms with Gasteiger partial charge >= 0.3 is 0 Å². The zero-order valence-corrected chi connectivity index (χ0v) is 15.6. The summed E-state index contributed by atoms with van der Waals surface area (Å²) < 4.78 is 8.15. The van der Waals surface area contributed by atoms with Crippen LogP contribution in [0, 0.1) is 0 Å². The van der Waals surface area contributed by atoms with E-state index in [1.807, 2.05) is 7.05 Å². The molecule has 2 heterocycles. The number of allylic oxidation sites excluding steroid dienone is 2. The van der Waals surface area contributed by atoms with Crippen LogP contribution in [0.3, 0.4) is 0 Å². The number of imidazole rings is 1. The van der Waals surface area contributed by atoms with Crippen LogP contribution in [-0.2, 0) is 11.8 Å². The average molecular weight is 413 g/mol. The maximum Gasteiger partial charge on any atom is 0.222 e. The molecule has 0 atom stereocenters. The number of ether oxygens (including phenoxy) is 1. The number of rotatable bonds is 5. The summed E-state index contributed by atoms with van der Waals surface area (Å²) in [5.41, 5.74) is 1.15. The van der Waals surface area contributed by atoms with E-state index in [2.05, 4.69) is 42.9 Å². The van der Waals surface area contributed by atoms with E-state index in [0.717, 1.165) is 0 Å². The maximum absolute atomic E-state index is 11.1. The first kappa shape index (κ1) is 18.2. The van der Waals surface area contributed by atoms with Crippen LogP contribution in [0.1, 0.15) is 13.8 Å². The van der Waals surface area contributed by atoms with E-state index >= 15 is 0 Å². The Morgan fingerprint density at radius 3 is 2.88 bits per heavy atom. The lowest BCUT2D eigenvalue weighted by molar-refractivity contribution is -0.118. The molecule has 0 aromatic carbocycles. The molecule has 24 heavy (non-hydrogen) atoms. The Hall–Kier alpha value is -2.19. The third kappa shape index (κ3) is 3.82. The minimum absolute atomic E-state index is 0.259. The van der Waals surface area contributed by atoms with Gasteiger partial charge in [0.2, 0.25) is 5.91 Å². The fraction of sp³-hybridized carbons (Fsp3) is 0.200. The molecule has 1 amide bonds. The summed E-state index contributed by atoms with van der Waals surface area (Å²) in [6.45, 7) is 6.57. The molecule has 0 radical (unpaired) electrons. The SMILES string of the molecule is C=N/C(=C\C(=C/C)Oc1cnc2nc(Br)n(C)c2c1Cl)NC(C)=O. The number of nitrogens with zero attached hydrogens (tertiary/aromatic N) is 4. The Kier molecular flexibility index (Phi) is 5.74. The van der Waals surface area contributed by atoms with Crippen molar-refractivity contribution in [2.24, 2.45) is 12.0 Å². The summed E-state index contributed by atoms with van der Waals surface area (Å²) >= 11 is 9.74. The summed E-state index contributed by atoms with van der Waals surface area (Å²) in [5.74, 6) is 0.791. The van der Waals surface area contributed by atoms with Crippen molar-refractivity contribution >= 4 is 51.3 Å². The number of aromatic nitrogens is 3. The molecular weight excluding hydrogens is 398 g/mol. The smallest absolute Gasteiger partial charge is 0.222 e. The summed E-state index contributed by atoms with van der Waals surface area (Å²) in [5, 5.41) is 2.92. The highest BCUT2D eigenvalue weighted by molar-refractivity contribution is 9.10. The summed E-state index contributed by atoms with van der Waals surface area (Å²) in [7, 11) is 1.81. The van der Waals surface area contributed by atoms with Crippen molar-refractivity contribution in [3.63, 3.8) is 0 Å². The minimum atomic E-state index is -0.259. The first-order valence-corrected chi connectivity index (χ1v) is 8.01. The molecule has 0 aliphatic carbocycles. The van der Waals surface area contributed by atoms with Gasteiger partial charge in [-0.15, -0.1) is 0 Å². The Labute approximate surface area is 152 Å². The van der Waals surface area contributed by atoms with Crippen LogP contribution in [0.2, 0.25) is 5.02 Å². The third-order valence-corrected chi connectivity index (χ3v) is 4.09. The number of aliphatic imine (C=N–C) groups is 1. The fourth-order valence-corrected chi connectivity index (χ4v) is 2.54. The molecule has 0 aliphatic rings. The van der Waals surface area contributed by atoms with Crippen LogP contribution in [0.5, 0.6) is 5.75 Å². The number of carbonyl (C=O) groups excluding carboxylic acids is 1. The highest BCUT2D eigenvalue weighted by atomic mass is 79.9. The summed E-state index contributed by atoms with van der Waals surface area (Å²) in [4.78, 5) is 23.3. The van der Waals surface area contributed by atoms with Crippen LogP contribution in [-0.4, -0.2) is 27.2 Å². The first-order valence-electron chi connectivity index (χ1n) is 6.84. The third-order valence-electron chi connectivity index (χ3n) is 3.02. The molecule has 9 heteroatoms. The van der Waals surface area contributed by atoms with Crippen LogP contribution in [0.25, 0.3) is 11.2 Å². The van der Waals surface area contributed by atoms with Gasteiger partial charge in [0, 0.05) is 20.0 Å². The van der Waals surface area contributed by atoms with E-state index in [0.29, 0.717) is 32.4 Å². The molecule has 0 spiro atoms. The Bertz CT molecular complexity index is 872. The van der Waals surface area contributed by atoms with E-state index in [-0.39, 0.29) is 11.7 Å². The predicted molar refractivity (Wildman–Crippen MR) is 97.1 cm³/mol. The van der Waals surface area contributed by atoms with Crippen LogP contribution < -0.4 is 10.1 Å². The lowest BCUT2D eigenvalue weighted by Crippen LogP contribution is -2.18. The zero-order chi connectivity index (χ0) is 17.9. The van der Waals surface area contributed by atoms with Gasteiger partial charge in [-0.2, -0.15) is 0 Å². The van der Waals surface area contributed by atoms with Crippen LogP contribution in [0.15, 0.2) is 39.7 Å². The van der Waals surface area contributed by atoms with Gasteiger partial charge in [0.15, 0.2) is 16.1 Å². The van der Waals surface area contributed by atoms with Crippen LogP contribution in [0.4, 0.5) is 0 Å². The van der Waals surface area contributed by atoms with Crippen molar-refractivity contribution in [2.75, 3.05) is 0 Å². The van der Waals surface area contributed by atoms with Crippen molar-refractivity contribution in [1.82, 2.24) is 19.9 Å². The van der Waals surface area contributed by atoms with Crippen molar-refractivity contribution in [3.8, 4) is 5.75 Å². The standard InChI is InChI=1S/C15H15BrClN5O2/c1-5-9(6-11(18-3)20-8(2)23)24-10-7-19-14-13(12(10)17)22(4)15(16)21-14/h5-7H,3H2,1-2,4H3,(H,20,23)/b9-5+,11-6+. The Morgan fingerprint density at radius 2 is 2.29 bits per heavy atom. The van der Waals surface area contributed by atoms with Gasteiger partial charge in [0.05, 0.1) is 6.20 Å². The largest absolute Gasteiger partial charge is 0.454 e. The average Bonchev–Trinajstić information content (AvgIpc) is 2.83. The van der Waals surface area contributed by atoms with Crippen molar-refractivity contribution in [1.29, 1.82) is 0 Å². The van der Waals surface area contributed by atoms with Gasteiger partial charge < -0.3 is 14.6 Å². The highest BCUT2D eigenvalue weighted by Crippen LogP contribution is 2.33. The Balaban J connectivity index is 2.38. The monoisotopic (exact) mass is 411 g/mol. The lowest BCUT2D eigenvalue weighted by atomic mass is 10.3. The molecule has 0 bridgehead atoms. The fourth-order valence-electron chi connectivity index (χ4n) is 1.89. The van der Waals surface area contributed by atoms with E-state index in [1.54, 1.807) is 17.6 Å². The molecule has 2 aromatic rings. The highest BCUT2D eigenvalue weighted by Gasteiger charge is 2.15. The van der Waals surface area contributed by atoms with Gasteiger partial charge in [-0.25, -0.2) is 15.0 Å². The molecule has 0 saturated carbocycles. The normalized spacial score (nSPS) is 12.4. The van der Waals surface area contributed by atoms with E-state index in [9.17, 15) is 4.79 Å². The molecular formula is C15H15BrClN5O2. The molecule has 0 saturated heterocycles. The molecule has 1 N–H and O–H groups in total. The van der Waals surface area contributed by atoms with Gasteiger partial charge in [-0.05, 0) is 35.6 Å². The number of aryl methyl sites for hydroxylation is 1. The molecule has 2 aromatic heterocycles. The minimum Gasteiger partial charge on any atom is -0.454 e. The number of fused-ring (bicyclic) bond motifs is 1. The van der Waals surface area contributed by atoms with Gasteiger partial charge in [-0.3, -0.25) is 4.79 Å². The van der Waals surface area contributed by atoms with E-state index in [4.69, 9.17) is 16.3 Å². The van der Waals surface area contributed by atoms with Crippen molar-refractivity contribution in [3.05, 3.63) is 39.7 Å². The molecule has 0 unspecified atom stereocenters. The number of pyridine rings is 1. The predicted octanol–water partition coefficient (Wildman–Crippen LogP) is 3.34.